The van der Waals surface area contributed by atoms with Gasteiger partial charge in [0.2, 0.25) is 5.91 Å². The predicted octanol–water partition coefficient (Wildman–Crippen LogP) is 2.32. The highest BCUT2D eigenvalue weighted by Gasteiger charge is 2.25. The maximum absolute atomic E-state index is 11.9. The summed E-state index contributed by atoms with van der Waals surface area (Å²) in [6.07, 6.45) is 0. The maximum atomic E-state index is 11.9. The molecular weight excluding hydrogens is 188 g/mol. The third kappa shape index (κ3) is 1.96. The van der Waals surface area contributed by atoms with E-state index < -0.39 is 0 Å². The molecule has 80 valence electrons. The lowest BCUT2D eigenvalue weighted by molar-refractivity contribution is -0.120. The molecule has 1 aliphatic heterocycles. The minimum atomic E-state index is 0.0393. The lowest BCUT2D eigenvalue weighted by Gasteiger charge is -2.16. The van der Waals surface area contributed by atoms with Gasteiger partial charge >= 0.3 is 0 Å². The second-order valence-electron chi connectivity index (χ2n) is 4.27. The van der Waals surface area contributed by atoms with E-state index in [0.29, 0.717) is 12.5 Å². The molecule has 3 heteroatoms. The molecule has 1 heterocycles. The molecule has 0 spiro atoms. The zero-order chi connectivity index (χ0) is 10.8. The third-order valence-electron chi connectivity index (χ3n) is 2.84. The van der Waals surface area contributed by atoms with Crippen molar-refractivity contribution in [1.82, 2.24) is 0 Å². The molecule has 1 aromatic carbocycles. The Balaban J connectivity index is 2.26. The molecule has 0 radical (unpaired) electrons. The van der Waals surface area contributed by atoms with Crippen molar-refractivity contribution in [3.8, 4) is 0 Å². The second-order valence-corrected chi connectivity index (χ2v) is 4.27. The summed E-state index contributed by atoms with van der Waals surface area (Å²) < 4.78 is 0. The molecule has 2 N–H and O–H groups in total. The first-order valence-electron chi connectivity index (χ1n) is 5.32. The minimum absolute atomic E-state index is 0.0393. The van der Waals surface area contributed by atoms with Crippen molar-refractivity contribution in [2.24, 2.45) is 11.8 Å². The summed E-state index contributed by atoms with van der Waals surface area (Å²) >= 11 is 0. The van der Waals surface area contributed by atoms with Crippen LogP contribution in [0.5, 0.6) is 0 Å². The number of carbonyl (C=O) groups is 1. The van der Waals surface area contributed by atoms with Crippen LogP contribution in [0.4, 0.5) is 11.4 Å². The van der Waals surface area contributed by atoms with Crippen molar-refractivity contribution in [1.29, 1.82) is 0 Å². The van der Waals surface area contributed by atoms with Gasteiger partial charge in [-0.1, -0.05) is 26.0 Å². The molecule has 0 fully saturated rings. The quantitative estimate of drug-likeness (QED) is 0.737. The van der Waals surface area contributed by atoms with Crippen LogP contribution in [-0.4, -0.2) is 12.5 Å². The molecule has 1 aromatic rings. The topological polar surface area (TPSA) is 41.1 Å². The highest BCUT2D eigenvalue weighted by molar-refractivity contribution is 5.97. The van der Waals surface area contributed by atoms with Gasteiger partial charge in [0.1, 0.15) is 0 Å². The normalized spacial score (nSPS) is 20.2. The van der Waals surface area contributed by atoms with Crippen LogP contribution >= 0.6 is 0 Å². The van der Waals surface area contributed by atoms with E-state index in [1.165, 1.54) is 0 Å². The van der Waals surface area contributed by atoms with Crippen LogP contribution in [0, 0.1) is 11.8 Å². The number of benzene rings is 1. The monoisotopic (exact) mass is 204 g/mol. The molecule has 0 aromatic heterocycles. The summed E-state index contributed by atoms with van der Waals surface area (Å²) in [7, 11) is 0. The summed E-state index contributed by atoms with van der Waals surface area (Å²) in [6.45, 7) is 4.85. The number of fused-ring (bicyclic) bond motifs is 1. The average molecular weight is 204 g/mol. The van der Waals surface area contributed by atoms with Gasteiger partial charge in [-0.3, -0.25) is 4.79 Å². The van der Waals surface area contributed by atoms with Gasteiger partial charge in [0, 0.05) is 6.54 Å². The molecule has 0 saturated heterocycles. The molecule has 2 rings (SSSR count). The Bertz CT molecular complexity index is 374. The number of hydrogen-bond donors (Lipinski definition) is 2. The van der Waals surface area contributed by atoms with E-state index in [1.807, 2.05) is 24.3 Å². The Morgan fingerprint density at radius 1 is 1.27 bits per heavy atom. The van der Waals surface area contributed by atoms with Gasteiger partial charge in [0.05, 0.1) is 17.3 Å². The van der Waals surface area contributed by atoms with E-state index in [4.69, 9.17) is 0 Å². The standard InChI is InChI=1S/C12H16N2O/c1-8(2)9-7-13-10-5-3-4-6-11(10)14-12(9)15/h3-6,8-9,13H,7H2,1-2H3,(H,14,15). The van der Waals surface area contributed by atoms with Crippen molar-refractivity contribution in [2.45, 2.75) is 13.8 Å². The smallest absolute Gasteiger partial charge is 0.229 e. The zero-order valence-corrected chi connectivity index (χ0v) is 9.08. The SMILES string of the molecule is CC(C)C1CNc2ccccc2NC1=O. The van der Waals surface area contributed by atoms with Gasteiger partial charge in [0.15, 0.2) is 0 Å². The van der Waals surface area contributed by atoms with E-state index in [1.54, 1.807) is 0 Å². The molecule has 1 amide bonds. The van der Waals surface area contributed by atoms with Crippen LogP contribution in [0.25, 0.3) is 0 Å². The van der Waals surface area contributed by atoms with E-state index in [2.05, 4.69) is 24.5 Å². The Morgan fingerprint density at radius 3 is 2.60 bits per heavy atom. The number of hydrogen-bond acceptors (Lipinski definition) is 2. The van der Waals surface area contributed by atoms with Crippen LogP contribution in [0.2, 0.25) is 0 Å². The number of carbonyl (C=O) groups excluding carboxylic acids is 1. The molecule has 0 aliphatic carbocycles. The van der Waals surface area contributed by atoms with Crippen molar-refractivity contribution >= 4 is 17.3 Å². The van der Waals surface area contributed by atoms with E-state index in [0.717, 1.165) is 11.4 Å². The fourth-order valence-corrected chi connectivity index (χ4v) is 1.82. The Morgan fingerprint density at radius 2 is 1.93 bits per heavy atom. The fourth-order valence-electron chi connectivity index (χ4n) is 1.82. The van der Waals surface area contributed by atoms with Crippen molar-refractivity contribution in [3.63, 3.8) is 0 Å². The molecule has 3 nitrogen and oxygen atoms in total. The second kappa shape index (κ2) is 3.93. The molecule has 15 heavy (non-hydrogen) atoms. The third-order valence-corrected chi connectivity index (χ3v) is 2.84. The molecular formula is C12H16N2O. The maximum Gasteiger partial charge on any atom is 0.229 e. The van der Waals surface area contributed by atoms with E-state index in [9.17, 15) is 4.79 Å². The summed E-state index contributed by atoms with van der Waals surface area (Å²) in [4.78, 5) is 11.9. The summed E-state index contributed by atoms with van der Waals surface area (Å²) in [6, 6.07) is 7.80. The largest absolute Gasteiger partial charge is 0.383 e. The van der Waals surface area contributed by atoms with Crippen LogP contribution < -0.4 is 10.6 Å². The van der Waals surface area contributed by atoms with Gasteiger partial charge in [-0.2, -0.15) is 0 Å². The van der Waals surface area contributed by atoms with Crippen LogP contribution in [0.15, 0.2) is 24.3 Å². The van der Waals surface area contributed by atoms with Gasteiger partial charge < -0.3 is 10.6 Å². The van der Waals surface area contributed by atoms with Gasteiger partial charge in [-0.15, -0.1) is 0 Å². The predicted molar refractivity (Wildman–Crippen MR) is 61.9 cm³/mol. The van der Waals surface area contributed by atoms with Crippen molar-refractivity contribution in [3.05, 3.63) is 24.3 Å². The molecule has 0 bridgehead atoms. The number of nitrogens with one attached hydrogen (secondary N) is 2. The van der Waals surface area contributed by atoms with E-state index >= 15 is 0 Å². The molecule has 1 aliphatic rings. The van der Waals surface area contributed by atoms with Gasteiger partial charge in [-0.05, 0) is 18.1 Å². The lowest BCUT2D eigenvalue weighted by atomic mass is 9.95. The Labute approximate surface area is 89.9 Å². The Kier molecular flexibility index (Phi) is 2.62. The molecule has 0 saturated carbocycles. The molecule has 1 unspecified atom stereocenters. The van der Waals surface area contributed by atoms with Gasteiger partial charge in [0.25, 0.3) is 0 Å². The van der Waals surface area contributed by atoms with Crippen LogP contribution in [0.1, 0.15) is 13.8 Å². The highest BCUT2D eigenvalue weighted by atomic mass is 16.2. The molecule has 1 atom stereocenters. The number of para-hydroxylation sites is 2. The van der Waals surface area contributed by atoms with Crippen molar-refractivity contribution in [2.75, 3.05) is 17.2 Å². The van der Waals surface area contributed by atoms with Gasteiger partial charge in [-0.25, -0.2) is 0 Å². The van der Waals surface area contributed by atoms with Crippen LogP contribution in [-0.2, 0) is 4.79 Å². The first kappa shape index (κ1) is 10.0. The number of rotatable bonds is 1. The first-order chi connectivity index (χ1) is 7.18. The van der Waals surface area contributed by atoms with Crippen molar-refractivity contribution < 1.29 is 4.79 Å². The minimum Gasteiger partial charge on any atom is -0.383 e. The fraction of sp³-hybridized carbons (Fsp3) is 0.417. The summed E-state index contributed by atoms with van der Waals surface area (Å²) in [5, 5.41) is 6.26. The summed E-state index contributed by atoms with van der Waals surface area (Å²) in [5.41, 5.74) is 1.89. The number of amides is 1. The van der Waals surface area contributed by atoms with Crippen LogP contribution in [0.3, 0.4) is 0 Å². The first-order valence-corrected chi connectivity index (χ1v) is 5.32. The number of anilines is 2. The summed E-state index contributed by atoms with van der Waals surface area (Å²) in [5.74, 6) is 0.506. The lowest BCUT2D eigenvalue weighted by Crippen LogP contribution is -2.29. The van der Waals surface area contributed by atoms with E-state index in [-0.39, 0.29) is 11.8 Å². The highest BCUT2D eigenvalue weighted by Crippen LogP contribution is 2.26. The average Bonchev–Trinajstić information content (AvgIpc) is 2.35. The Hall–Kier alpha value is -1.51. The zero-order valence-electron chi connectivity index (χ0n) is 9.08.